The molecule has 0 fully saturated rings. The zero-order valence-corrected chi connectivity index (χ0v) is 13.0. The van der Waals surface area contributed by atoms with E-state index in [2.05, 4.69) is 10.3 Å². The van der Waals surface area contributed by atoms with Crippen LogP contribution in [0.5, 0.6) is 0 Å². The molecule has 114 valence electrons. The molecular formula is C16H17N3O2S. The van der Waals surface area contributed by atoms with Crippen molar-refractivity contribution in [2.24, 2.45) is 0 Å². The molecule has 22 heavy (non-hydrogen) atoms. The molecule has 3 aromatic heterocycles. The first kappa shape index (κ1) is 14.7. The van der Waals surface area contributed by atoms with E-state index in [1.54, 1.807) is 15.7 Å². The average Bonchev–Trinajstić information content (AvgIpc) is 3.13. The maximum Gasteiger partial charge on any atom is 0.270 e. The molecule has 0 radical (unpaired) electrons. The Labute approximate surface area is 132 Å². The number of nitrogens with one attached hydrogen (secondary N) is 1. The molecule has 0 spiro atoms. The largest absolute Gasteiger partial charge is 0.388 e. The van der Waals surface area contributed by atoms with Crippen LogP contribution >= 0.6 is 11.3 Å². The van der Waals surface area contributed by atoms with Gasteiger partial charge < -0.3 is 10.4 Å². The number of fused-ring (bicyclic) bond motifs is 1. The van der Waals surface area contributed by atoms with Gasteiger partial charge in [0.05, 0.1) is 11.8 Å². The fraction of sp³-hybridized carbons (Fsp3) is 0.250. The molecule has 1 atom stereocenters. The van der Waals surface area contributed by atoms with Crippen molar-refractivity contribution in [3.05, 3.63) is 58.2 Å². The molecule has 0 aromatic carbocycles. The van der Waals surface area contributed by atoms with Crippen molar-refractivity contribution < 1.29 is 9.90 Å². The molecule has 3 rings (SSSR count). The van der Waals surface area contributed by atoms with E-state index < -0.39 is 6.10 Å². The highest BCUT2D eigenvalue weighted by molar-refractivity contribution is 7.07. The summed E-state index contributed by atoms with van der Waals surface area (Å²) in [6, 6.07) is 7.52. The van der Waals surface area contributed by atoms with Crippen LogP contribution in [-0.2, 0) is 0 Å². The van der Waals surface area contributed by atoms with Gasteiger partial charge >= 0.3 is 0 Å². The van der Waals surface area contributed by atoms with E-state index in [0.717, 1.165) is 11.2 Å². The molecule has 3 heterocycles. The number of carbonyl (C=O) groups is 1. The zero-order valence-electron chi connectivity index (χ0n) is 12.2. The van der Waals surface area contributed by atoms with Crippen molar-refractivity contribution in [2.75, 3.05) is 6.54 Å². The standard InChI is InChI=1S/C16H17N3O2S/c1-11-15(19-8-3-2-4-14(19)18-11)16(21)17-7-5-13(20)12-6-9-22-10-12/h2-4,6,8-10,13,20H,5,7H2,1H3,(H,17,21). The predicted octanol–water partition coefficient (Wildman–Crippen LogP) is 2.56. The molecule has 2 N–H and O–H groups in total. The van der Waals surface area contributed by atoms with E-state index in [-0.39, 0.29) is 5.91 Å². The lowest BCUT2D eigenvalue weighted by molar-refractivity contribution is 0.0936. The molecule has 3 aromatic rings. The number of pyridine rings is 1. The summed E-state index contributed by atoms with van der Waals surface area (Å²) in [6.45, 7) is 2.23. The Morgan fingerprint density at radius 2 is 2.32 bits per heavy atom. The van der Waals surface area contributed by atoms with E-state index in [1.165, 1.54) is 0 Å². The summed E-state index contributed by atoms with van der Waals surface area (Å²) in [6.07, 6.45) is 1.76. The van der Waals surface area contributed by atoms with Crippen LogP contribution in [0.15, 0.2) is 41.2 Å². The van der Waals surface area contributed by atoms with Crippen molar-refractivity contribution in [1.29, 1.82) is 0 Å². The number of thiophene rings is 1. The van der Waals surface area contributed by atoms with Crippen molar-refractivity contribution >= 4 is 22.9 Å². The van der Waals surface area contributed by atoms with Gasteiger partial charge in [0.1, 0.15) is 11.3 Å². The number of aliphatic hydroxyl groups excluding tert-OH is 1. The number of aromatic nitrogens is 2. The van der Waals surface area contributed by atoms with Crippen LogP contribution in [0.25, 0.3) is 5.65 Å². The Balaban J connectivity index is 1.65. The summed E-state index contributed by atoms with van der Waals surface area (Å²) < 4.78 is 1.78. The van der Waals surface area contributed by atoms with Crippen LogP contribution in [0.2, 0.25) is 0 Å². The van der Waals surface area contributed by atoms with Crippen LogP contribution in [0, 0.1) is 6.92 Å². The second-order valence-corrected chi connectivity index (χ2v) is 5.87. The maximum absolute atomic E-state index is 12.4. The van der Waals surface area contributed by atoms with Gasteiger partial charge in [-0.2, -0.15) is 11.3 Å². The molecule has 0 saturated carbocycles. The molecule has 0 aliphatic rings. The van der Waals surface area contributed by atoms with Gasteiger partial charge in [-0.25, -0.2) is 4.98 Å². The second-order valence-electron chi connectivity index (χ2n) is 5.09. The molecular weight excluding hydrogens is 298 g/mol. The number of hydrogen-bond acceptors (Lipinski definition) is 4. The first-order valence-corrected chi connectivity index (χ1v) is 8.03. The lowest BCUT2D eigenvalue weighted by Crippen LogP contribution is -2.27. The Morgan fingerprint density at radius 3 is 3.09 bits per heavy atom. The molecule has 6 heteroatoms. The summed E-state index contributed by atoms with van der Waals surface area (Å²) in [5.74, 6) is -0.172. The highest BCUT2D eigenvalue weighted by atomic mass is 32.1. The van der Waals surface area contributed by atoms with Crippen LogP contribution in [0.4, 0.5) is 0 Å². The predicted molar refractivity (Wildman–Crippen MR) is 86.2 cm³/mol. The SMILES string of the molecule is Cc1nc2ccccn2c1C(=O)NCCC(O)c1ccsc1. The van der Waals surface area contributed by atoms with Gasteiger partial charge in [0, 0.05) is 12.7 Å². The summed E-state index contributed by atoms with van der Waals surface area (Å²) >= 11 is 1.55. The smallest absolute Gasteiger partial charge is 0.270 e. The highest BCUT2D eigenvalue weighted by Crippen LogP contribution is 2.18. The molecule has 5 nitrogen and oxygen atoms in total. The van der Waals surface area contributed by atoms with Crippen molar-refractivity contribution in [2.45, 2.75) is 19.4 Å². The van der Waals surface area contributed by atoms with Gasteiger partial charge in [-0.15, -0.1) is 0 Å². The monoisotopic (exact) mass is 315 g/mol. The minimum absolute atomic E-state index is 0.172. The molecule has 0 saturated heterocycles. The zero-order chi connectivity index (χ0) is 15.5. The third kappa shape index (κ3) is 2.88. The summed E-state index contributed by atoms with van der Waals surface area (Å²) in [4.78, 5) is 16.7. The van der Waals surface area contributed by atoms with Gasteiger partial charge in [-0.3, -0.25) is 9.20 Å². The van der Waals surface area contributed by atoms with Gasteiger partial charge in [-0.05, 0) is 47.9 Å². The number of carbonyl (C=O) groups excluding carboxylic acids is 1. The Bertz CT molecular complexity index is 780. The van der Waals surface area contributed by atoms with E-state index in [9.17, 15) is 9.90 Å². The van der Waals surface area contributed by atoms with E-state index in [0.29, 0.717) is 24.4 Å². The topological polar surface area (TPSA) is 66.6 Å². The minimum atomic E-state index is -0.546. The third-order valence-corrected chi connectivity index (χ3v) is 4.25. The van der Waals surface area contributed by atoms with Gasteiger partial charge in [0.2, 0.25) is 0 Å². The van der Waals surface area contributed by atoms with E-state index in [1.807, 2.05) is 48.1 Å². The molecule has 1 amide bonds. The molecule has 1 unspecified atom stereocenters. The quantitative estimate of drug-likeness (QED) is 0.760. The molecule has 0 bridgehead atoms. The Hall–Kier alpha value is -2.18. The Morgan fingerprint density at radius 1 is 1.45 bits per heavy atom. The van der Waals surface area contributed by atoms with E-state index >= 15 is 0 Å². The summed E-state index contributed by atoms with van der Waals surface area (Å²) in [5.41, 5.74) is 2.89. The summed E-state index contributed by atoms with van der Waals surface area (Å²) in [7, 11) is 0. The number of amides is 1. The van der Waals surface area contributed by atoms with Crippen molar-refractivity contribution in [3.8, 4) is 0 Å². The van der Waals surface area contributed by atoms with Gasteiger partial charge in [0.15, 0.2) is 0 Å². The summed E-state index contributed by atoms with van der Waals surface area (Å²) in [5, 5.41) is 16.7. The maximum atomic E-state index is 12.4. The number of nitrogens with zero attached hydrogens (tertiary/aromatic N) is 2. The lowest BCUT2D eigenvalue weighted by Gasteiger charge is -2.10. The first-order valence-electron chi connectivity index (χ1n) is 7.09. The Kier molecular flexibility index (Phi) is 4.22. The average molecular weight is 315 g/mol. The minimum Gasteiger partial charge on any atom is -0.388 e. The molecule has 0 aliphatic heterocycles. The van der Waals surface area contributed by atoms with Crippen LogP contribution in [0.3, 0.4) is 0 Å². The van der Waals surface area contributed by atoms with Crippen molar-refractivity contribution in [3.63, 3.8) is 0 Å². The fourth-order valence-electron chi connectivity index (χ4n) is 2.42. The van der Waals surface area contributed by atoms with Crippen molar-refractivity contribution in [1.82, 2.24) is 14.7 Å². The normalized spacial score (nSPS) is 12.5. The third-order valence-electron chi connectivity index (χ3n) is 3.55. The number of aliphatic hydroxyl groups is 1. The fourth-order valence-corrected chi connectivity index (χ4v) is 3.13. The first-order chi connectivity index (χ1) is 10.7. The number of hydrogen-bond donors (Lipinski definition) is 2. The lowest BCUT2D eigenvalue weighted by atomic mass is 10.1. The van der Waals surface area contributed by atoms with E-state index in [4.69, 9.17) is 0 Å². The number of rotatable bonds is 5. The van der Waals surface area contributed by atoms with Gasteiger partial charge in [-0.1, -0.05) is 6.07 Å². The van der Waals surface area contributed by atoms with Crippen LogP contribution in [-0.4, -0.2) is 26.9 Å². The number of imidazole rings is 1. The molecule has 0 aliphatic carbocycles. The van der Waals surface area contributed by atoms with Crippen LogP contribution < -0.4 is 5.32 Å². The van der Waals surface area contributed by atoms with Gasteiger partial charge in [0.25, 0.3) is 5.91 Å². The highest BCUT2D eigenvalue weighted by Gasteiger charge is 2.16. The second kappa shape index (κ2) is 6.29. The number of aryl methyl sites for hydroxylation is 1. The van der Waals surface area contributed by atoms with Crippen LogP contribution in [0.1, 0.15) is 34.3 Å².